The fourth-order valence-electron chi connectivity index (χ4n) is 4.30. The van der Waals surface area contributed by atoms with Crippen LogP contribution in [0.3, 0.4) is 0 Å². The lowest BCUT2D eigenvalue weighted by Crippen LogP contribution is -2.44. The second-order valence-electron chi connectivity index (χ2n) is 8.11. The maximum atomic E-state index is 12.5. The van der Waals surface area contributed by atoms with Crippen LogP contribution in [0.1, 0.15) is 24.0 Å². The summed E-state index contributed by atoms with van der Waals surface area (Å²) in [6, 6.07) is 24.6. The van der Waals surface area contributed by atoms with Gasteiger partial charge >= 0.3 is 0 Å². The molecule has 0 unspecified atom stereocenters. The third-order valence-corrected chi connectivity index (χ3v) is 6.00. The predicted octanol–water partition coefficient (Wildman–Crippen LogP) is 3.98. The van der Waals surface area contributed by atoms with Crippen molar-refractivity contribution in [3.05, 3.63) is 83.9 Å². The molecule has 1 aliphatic rings. The highest BCUT2D eigenvalue weighted by Gasteiger charge is 2.23. The van der Waals surface area contributed by atoms with E-state index in [0.717, 1.165) is 48.7 Å². The Morgan fingerprint density at radius 2 is 1.57 bits per heavy atom. The van der Waals surface area contributed by atoms with Crippen molar-refractivity contribution < 1.29 is 9.59 Å². The number of amides is 2. The second kappa shape index (κ2) is 9.57. The minimum atomic E-state index is -0.112. The lowest BCUT2D eigenvalue weighted by molar-refractivity contribution is -0.133. The zero-order valence-corrected chi connectivity index (χ0v) is 17.2. The van der Waals surface area contributed by atoms with Gasteiger partial charge in [-0.2, -0.15) is 0 Å². The quantitative estimate of drug-likeness (QED) is 0.680. The molecule has 3 aromatic carbocycles. The Bertz CT molecular complexity index is 1000. The van der Waals surface area contributed by atoms with Crippen molar-refractivity contribution in [1.29, 1.82) is 0 Å². The number of benzene rings is 3. The van der Waals surface area contributed by atoms with Gasteiger partial charge in [0.15, 0.2) is 0 Å². The molecule has 3 aromatic rings. The lowest BCUT2D eigenvalue weighted by Gasteiger charge is -2.32. The molecule has 0 saturated carbocycles. The van der Waals surface area contributed by atoms with Crippen molar-refractivity contribution in [1.82, 2.24) is 10.2 Å². The van der Waals surface area contributed by atoms with Crippen LogP contribution in [-0.4, -0.2) is 36.3 Å². The van der Waals surface area contributed by atoms with Crippen LogP contribution in [0, 0.1) is 5.92 Å². The largest absolute Gasteiger partial charge is 0.347 e. The van der Waals surface area contributed by atoms with Gasteiger partial charge < -0.3 is 10.2 Å². The van der Waals surface area contributed by atoms with Gasteiger partial charge in [0.25, 0.3) is 0 Å². The number of likely N-dealkylation sites (tertiary alicyclic amines) is 1. The van der Waals surface area contributed by atoms with Gasteiger partial charge in [0.1, 0.15) is 0 Å². The molecule has 2 amide bonds. The van der Waals surface area contributed by atoms with Crippen LogP contribution in [0.4, 0.5) is 0 Å². The summed E-state index contributed by atoms with van der Waals surface area (Å²) in [6.07, 6.45) is 3.40. The van der Waals surface area contributed by atoms with E-state index >= 15 is 0 Å². The molecule has 1 heterocycles. The summed E-state index contributed by atoms with van der Waals surface area (Å²) < 4.78 is 0. The zero-order valence-electron chi connectivity index (χ0n) is 17.2. The predicted molar refractivity (Wildman–Crippen MR) is 120 cm³/mol. The van der Waals surface area contributed by atoms with Gasteiger partial charge in [-0.15, -0.1) is 0 Å². The average molecular weight is 401 g/mol. The van der Waals surface area contributed by atoms with Gasteiger partial charge in [-0.25, -0.2) is 0 Å². The molecule has 1 N–H and O–H groups in total. The number of rotatable bonds is 6. The van der Waals surface area contributed by atoms with E-state index in [1.807, 2.05) is 53.4 Å². The maximum Gasteiger partial charge on any atom is 0.241 e. The van der Waals surface area contributed by atoms with Crippen LogP contribution in [0.2, 0.25) is 0 Å². The first-order chi connectivity index (χ1) is 14.7. The number of hydrogen-bond acceptors (Lipinski definition) is 2. The molecule has 1 aliphatic heterocycles. The van der Waals surface area contributed by atoms with Crippen LogP contribution in [0.15, 0.2) is 72.8 Å². The smallest absolute Gasteiger partial charge is 0.241 e. The number of nitrogens with zero attached hydrogens (tertiary/aromatic N) is 1. The molecule has 0 aliphatic carbocycles. The molecule has 0 atom stereocenters. The van der Waals surface area contributed by atoms with E-state index in [9.17, 15) is 9.59 Å². The average Bonchev–Trinajstić information content (AvgIpc) is 2.79. The Hall–Kier alpha value is -3.14. The molecule has 0 radical (unpaired) electrons. The molecular weight excluding hydrogens is 372 g/mol. The van der Waals surface area contributed by atoms with Crippen molar-refractivity contribution in [3.8, 4) is 0 Å². The van der Waals surface area contributed by atoms with Crippen molar-refractivity contribution in [2.24, 2.45) is 5.92 Å². The Balaban J connectivity index is 1.23. The Morgan fingerprint density at radius 1 is 0.867 bits per heavy atom. The number of carbonyl (C=O) groups excluding carboxylic acids is 2. The first-order valence-electron chi connectivity index (χ1n) is 10.7. The van der Waals surface area contributed by atoms with Crippen LogP contribution in [0.25, 0.3) is 10.8 Å². The maximum absolute atomic E-state index is 12.5. The minimum Gasteiger partial charge on any atom is -0.347 e. The molecule has 0 spiro atoms. The molecule has 0 bridgehead atoms. The van der Waals surface area contributed by atoms with E-state index in [4.69, 9.17) is 0 Å². The number of piperidine rings is 1. The monoisotopic (exact) mass is 400 g/mol. The summed E-state index contributed by atoms with van der Waals surface area (Å²) in [7, 11) is 0. The number of fused-ring (bicyclic) bond motifs is 1. The highest BCUT2D eigenvalue weighted by Crippen LogP contribution is 2.22. The Kier molecular flexibility index (Phi) is 6.43. The Labute approximate surface area is 177 Å². The van der Waals surface area contributed by atoms with Gasteiger partial charge in [0.05, 0.1) is 13.0 Å². The van der Waals surface area contributed by atoms with Crippen LogP contribution < -0.4 is 5.32 Å². The molecule has 0 aromatic heterocycles. The summed E-state index contributed by atoms with van der Waals surface area (Å²) in [6.45, 7) is 1.62. The summed E-state index contributed by atoms with van der Waals surface area (Å²) in [5.41, 5.74) is 2.35. The standard InChI is InChI=1S/C26H28N2O2/c29-25(18-23-11-6-10-22-9-4-5-12-24(22)23)27-19-26(30)28-15-13-21(14-16-28)17-20-7-2-1-3-8-20/h1-12,21H,13-19H2,(H,27,29). The van der Waals surface area contributed by atoms with Crippen molar-refractivity contribution in [2.45, 2.75) is 25.7 Å². The van der Waals surface area contributed by atoms with Crippen molar-refractivity contribution in [3.63, 3.8) is 0 Å². The topological polar surface area (TPSA) is 49.4 Å². The first-order valence-corrected chi connectivity index (χ1v) is 10.7. The third-order valence-electron chi connectivity index (χ3n) is 6.00. The molecule has 30 heavy (non-hydrogen) atoms. The molecule has 1 fully saturated rings. The van der Waals surface area contributed by atoms with Gasteiger partial charge in [-0.3, -0.25) is 9.59 Å². The summed E-state index contributed by atoms with van der Waals surface area (Å²) >= 11 is 0. The Morgan fingerprint density at radius 3 is 2.37 bits per heavy atom. The van der Waals surface area contributed by atoms with Crippen LogP contribution >= 0.6 is 0 Å². The SMILES string of the molecule is O=C(Cc1cccc2ccccc12)NCC(=O)N1CCC(Cc2ccccc2)CC1. The van der Waals surface area contributed by atoms with E-state index in [-0.39, 0.29) is 24.8 Å². The third kappa shape index (κ3) is 5.07. The molecule has 1 saturated heterocycles. The number of nitrogens with one attached hydrogen (secondary N) is 1. The fraction of sp³-hybridized carbons (Fsp3) is 0.308. The van der Waals surface area contributed by atoms with Crippen molar-refractivity contribution >= 4 is 22.6 Å². The summed E-state index contributed by atoms with van der Waals surface area (Å²) in [5.74, 6) is 0.524. The highest BCUT2D eigenvalue weighted by molar-refractivity contribution is 5.91. The highest BCUT2D eigenvalue weighted by atomic mass is 16.2. The number of hydrogen-bond donors (Lipinski definition) is 1. The van der Waals surface area contributed by atoms with Crippen LogP contribution in [0.5, 0.6) is 0 Å². The van der Waals surface area contributed by atoms with E-state index < -0.39 is 0 Å². The normalized spacial score (nSPS) is 14.6. The van der Waals surface area contributed by atoms with Crippen molar-refractivity contribution in [2.75, 3.05) is 19.6 Å². The lowest BCUT2D eigenvalue weighted by atomic mass is 9.90. The van der Waals surface area contributed by atoms with Gasteiger partial charge in [-0.05, 0) is 47.1 Å². The molecule has 4 nitrogen and oxygen atoms in total. The molecule has 4 heteroatoms. The second-order valence-corrected chi connectivity index (χ2v) is 8.11. The van der Waals surface area contributed by atoms with E-state index in [1.165, 1.54) is 5.56 Å². The van der Waals surface area contributed by atoms with Gasteiger partial charge in [-0.1, -0.05) is 72.8 Å². The van der Waals surface area contributed by atoms with E-state index in [2.05, 4.69) is 29.6 Å². The first kappa shape index (κ1) is 20.1. The number of carbonyl (C=O) groups is 2. The zero-order chi connectivity index (χ0) is 20.8. The van der Waals surface area contributed by atoms with E-state index in [1.54, 1.807) is 0 Å². The summed E-state index contributed by atoms with van der Waals surface area (Å²) in [5, 5.41) is 5.02. The molecular formula is C26H28N2O2. The fourth-order valence-corrected chi connectivity index (χ4v) is 4.30. The van der Waals surface area contributed by atoms with Gasteiger partial charge in [0, 0.05) is 13.1 Å². The van der Waals surface area contributed by atoms with E-state index in [0.29, 0.717) is 5.92 Å². The summed E-state index contributed by atoms with van der Waals surface area (Å²) in [4.78, 5) is 26.8. The minimum absolute atomic E-state index is 0.0134. The molecule has 154 valence electrons. The van der Waals surface area contributed by atoms with Crippen LogP contribution in [-0.2, 0) is 22.4 Å². The van der Waals surface area contributed by atoms with Gasteiger partial charge in [0.2, 0.25) is 11.8 Å². The molecule has 4 rings (SSSR count).